The average molecular weight is 494 g/mol. The summed E-state index contributed by atoms with van der Waals surface area (Å²) < 4.78 is 27.6. The first kappa shape index (κ1) is 32.5. The van der Waals surface area contributed by atoms with E-state index in [0.717, 1.165) is 6.42 Å². The summed E-state index contributed by atoms with van der Waals surface area (Å²) in [5.41, 5.74) is 0. The van der Waals surface area contributed by atoms with Gasteiger partial charge in [0.1, 0.15) is 6.10 Å². The van der Waals surface area contributed by atoms with Gasteiger partial charge >= 0.3 is 7.60 Å². The third-order valence-corrected chi connectivity index (χ3v) is 7.26. The van der Waals surface area contributed by atoms with Crippen molar-refractivity contribution in [1.82, 2.24) is 5.32 Å². The van der Waals surface area contributed by atoms with Crippen molar-refractivity contribution >= 4 is 14.1 Å². The predicted octanol–water partition coefficient (Wildman–Crippen LogP) is 5.94. The van der Waals surface area contributed by atoms with E-state index in [1.807, 2.05) is 0 Å². The maximum absolute atomic E-state index is 11.9. The molecule has 0 saturated carbocycles. The molecule has 0 aromatic rings. The van der Waals surface area contributed by atoms with E-state index >= 15 is 0 Å². The van der Waals surface area contributed by atoms with Crippen LogP contribution in [-0.4, -0.2) is 57.0 Å². The van der Waals surface area contributed by atoms with Crippen LogP contribution >= 0.6 is 7.60 Å². The summed E-state index contributed by atoms with van der Waals surface area (Å²) in [6.07, 6.45) is 15.3. The van der Waals surface area contributed by atoms with Crippen LogP contribution in [0.5, 0.6) is 0 Å². The highest BCUT2D eigenvalue weighted by molar-refractivity contribution is 7.52. The number of carbonyl (C=O) groups is 1. The summed E-state index contributed by atoms with van der Waals surface area (Å²) >= 11 is 0. The molecule has 0 fully saturated rings. The van der Waals surface area contributed by atoms with Crippen LogP contribution < -0.4 is 5.32 Å². The minimum Gasteiger partial charge on any atom is -0.460 e. The zero-order valence-corrected chi connectivity index (χ0v) is 22.7. The zero-order valence-electron chi connectivity index (χ0n) is 21.8. The highest BCUT2D eigenvalue weighted by Gasteiger charge is 2.22. The van der Waals surface area contributed by atoms with E-state index < -0.39 is 13.7 Å². The summed E-state index contributed by atoms with van der Waals surface area (Å²) in [5.74, 6) is 1.07. The van der Waals surface area contributed by atoms with Crippen molar-refractivity contribution in [3.8, 4) is 0 Å². The maximum atomic E-state index is 11.9. The molecule has 0 aliphatic carbocycles. The Hall–Kier alpha value is -0.460. The second-order valence-electron chi connectivity index (χ2n) is 9.57. The second-order valence-corrected chi connectivity index (χ2v) is 11.5. The van der Waals surface area contributed by atoms with Gasteiger partial charge in [0.15, 0.2) is 0 Å². The molecule has 8 heteroatoms. The van der Waals surface area contributed by atoms with Gasteiger partial charge in [0.2, 0.25) is 0 Å². The maximum Gasteiger partial charge on any atom is 0.329 e. The number of hydrogen-bond acceptors (Lipinski definition) is 6. The van der Waals surface area contributed by atoms with Crippen LogP contribution in [0.1, 0.15) is 97.8 Å². The number of unbranched alkanes of at least 4 members (excludes halogenated alkanes) is 9. The molecule has 4 unspecified atom stereocenters. The zero-order chi connectivity index (χ0) is 24.8. The van der Waals surface area contributed by atoms with Crippen molar-refractivity contribution in [2.24, 2.45) is 11.8 Å². The van der Waals surface area contributed by atoms with Crippen LogP contribution in [0, 0.1) is 11.8 Å². The number of ether oxygens (including phenoxy) is 2. The van der Waals surface area contributed by atoms with E-state index in [1.165, 1.54) is 70.6 Å². The van der Waals surface area contributed by atoms with Gasteiger partial charge in [0.05, 0.1) is 19.4 Å². The third-order valence-electron chi connectivity index (χ3n) is 5.92. The molecule has 0 aliphatic heterocycles. The number of nitrogens with one attached hydrogen (secondary N) is 1. The highest BCUT2D eigenvalue weighted by atomic mass is 31.2. The number of carbonyl (C=O) groups excluding carboxylic acids is 1. The number of rotatable bonds is 25. The molecule has 0 heterocycles. The lowest BCUT2D eigenvalue weighted by Crippen LogP contribution is -2.27. The van der Waals surface area contributed by atoms with Crippen LogP contribution in [0.3, 0.4) is 0 Å². The van der Waals surface area contributed by atoms with Crippen LogP contribution in [0.25, 0.3) is 0 Å². The first-order valence-corrected chi connectivity index (χ1v) is 14.9. The molecule has 0 aliphatic rings. The van der Waals surface area contributed by atoms with Crippen LogP contribution in [0.2, 0.25) is 0 Å². The molecule has 33 heavy (non-hydrogen) atoms. The Labute approximate surface area is 203 Å². The van der Waals surface area contributed by atoms with Gasteiger partial charge in [-0.15, -0.1) is 0 Å². The normalized spacial score (nSPS) is 16.2. The fraction of sp³-hybridized carbons (Fsp3) is 0.960. The Bertz CT molecular complexity index is 494. The fourth-order valence-corrected chi connectivity index (χ4v) is 5.01. The van der Waals surface area contributed by atoms with Gasteiger partial charge in [-0.25, -0.2) is 0 Å². The molecular formula is C25H52NO6P. The molecule has 0 amide bonds. The van der Waals surface area contributed by atoms with Crippen molar-refractivity contribution in [2.45, 2.75) is 104 Å². The summed E-state index contributed by atoms with van der Waals surface area (Å²) in [6, 6.07) is 0. The average Bonchev–Trinajstić information content (AvgIpc) is 2.77. The van der Waals surface area contributed by atoms with Crippen molar-refractivity contribution < 1.29 is 28.3 Å². The molecule has 0 aromatic heterocycles. The molecule has 0 rings (SSSR count). The lowest BCUT2D eigenvalue weighted by molar-refractivity contribution is -0.139. The quantitative estimate of drug-likeness (QED) is 0.0923. The van der Waals surface area contributed by atoms with Gasteiger partial charge in [0.25, 0.3) is 6.47 Å². The number of hydrogen-bond donors (Lipinski definition) is 2. The first-order chi connectivity index (χ1) is 15.8. The SMILES string of the molecule is CCCCCCCCCCCCC(C)CC(C)COCC(COP(=O)(O)CCNC)OC=O. The molecule has 0 radical (unpaired) electrons. The third kappa shape index (κ3) is 21.8. The molecule has 4 atom stereocenters. The Morgan fingerprint density at radius 2 is 1.52 bits per heavy atom. The largest absolute Gasteiger partial charge is 0.460 e. The van der Waals surface area contributed by atoms with Gasteiger partial charge in [-0.3, -0.25) is 9.36 Å². The molecule has 198 valence electrons. The van der Waals surface area contributed by atoms with Gasteiger partial charge in [-0.05, 0) is 25.3 Å². The Morgan fingerprint density at radius 1 is 0.909 bits per heavy atom. The Balaban J connectivity index is 3.85. The van der Waals surface area contributed by atoms with E-state index in [2.05, 4.69) is 26.1 Å². The molecule has 0 saturated heterocycles. The summed E-state index contributed by atoms with van der Waals surface area (Å²) in [4.78, 5) is 20.5. The van der Waals surface area contributed by atoms with E-state index in [9.17, 15) is 14.3 Å². The lowest BCUT2D eigenvalue weighted by atomic mass is 9.93. The van der Waals surface area contributed by atoms with E-state index in [0.29, 0.717) is 31.5 Å². The minimum atomic E-state index is -3.70. The van der Waals surface area contributed by atoms with Crippen molar-refractivity contribution in [1.29, 1.82) is 0 Å². The van der Waals surface area contributed by atoms with E-state index in [4.69, 9.17) is 14.0 Å². The molecule has 2 N–H and O–H groups in total. The second kappa shape index (κ2) is 22.0. The van der Waals surface area contributed by atoms with E-state index in [1.54, 1.807) is 7.05 Å². The molecular weight excluding hydrogens is 441 g/mol. The Morgan fingerprint density at radius 3 is 2.09 bits per heavy atom. The molecule has 0 aromatic carbocycles. The minimum absolute atomic E-state index is 0.00609. The van der Waals surface area contributed by atoms with Gasteiger partial charge in [-0.2, -0.15) is 0 Å². The van der Waals surface area contributed by atoms with Gasteiger partial charge in [-0.1, -0.05) is 91.4 Å². The molecule has 0 spiro atoms. The van der Waals surface area contributed by atoms with Gasteiger partial charge < -0.3 is 24.2 Å². The summed E-state index contributed by atoms with van der Waals surface area (Å²) in [7, 11) is -2.00. The lowest BCUT2D eigenvalue weighted by Gasteiger charge is -2.20. The predicted molar refractivity (Wildman–Crippen MR) is 136 cm³/mol. The van der Waals surface area contributed by atoms with E-state index in [-0.39, 0.29) is 19.4 Å². The van der Waals surface area contributed by atoms with Crippen molar-refractivity contribution in [3.05, 3.63) is 0 Å². The molecule has 0 bridgehead atoms. The molecule has 7 nitrogen and oxygen atoms in total. The van der Waals surface area contributed by atoms with Crippen LogP contribution in [0.4, 0.5) is 0 Å². The standard InChI is InChI=1S/C25H52NO6P/c1-5-6-7-8-9-10-11-12-13-14-15-23(2)18-24(3)19-30-20-25(31-22-27)21-32-33(28,29)17-16-26-4/h22-26H,5-21H2,1-4H3,(H,28,29). The first-order valence-electron chi connectivity index (χ1n) is 13.1. The van der Waals surface area contributed by atoms with Crippen molar-refractivity contribution in [2.75, 3.05) is 39.6 Å². The smallest absolute Gasteiger partial charge is 0.329 e. The summed E-state index contributed by atoms with van der Waals surface area (Å²) in [6.45, 7) is 8.00. The van der Waals surface area contributed by atoms with Gasteiger partial charge in [0, 0.05) is 13.2 Å². The monoisotopic (exact) mass is 493 g/mol. The fourth-order valence-electron chi connectivity index (χ4n) is 3.98. The highest BCUT2D eigenvalue weighted by Crippen LogP contribution is 2.41. The Kier molecular flexibility index (Phi) is 21.7. The van der Waals surface area contributed by atoms with Crippen molar-refractivity contribution in [3.63, 3.8) is 0 Å². The van der Waals surface area contributed by atoms with Crippen LogP contribution in [-0.2, 0) is 23.4 Å². The topological polar surface area (TPSA) is 94.1 Å². The van der Waals surface area contributed by atoms with Crippen LogP contribution in [0.15, 0.2) is 0 Å². The summed E-state index contributed by atoms with van der Waals surface area (Å²) in [5, 5.41) is 2.81.